The summed E-state index contributed by atoms with van der Waals surface area (Å²) >= 11 is -3.86. The lowest BCUT2D eigenvalue weighted by molar-refractivity contribution is -0.402. The second kappa shape index (κ2) is 6.34. The van der Waals surface area contributed by atoms with Gasteiger partial charge in [-0.05, 0) is 0 Å². The molecule has 8 heavy (non-hydrogen) atoms. The number of halogens is 3. The normalized spacial score (nSPS) is 7.50. The van der Waals surface area contributed by atoms with E-state index in [4.69, 9.17) is 15.3 Å². The molecule has 0 aliphatic rings. The van der Waals surface area contributed by atoms with Gasteiger partial charge in [-0.1, -0.05) is 0 Å². The second-order valence-electron chi connectivity index (χ2n) is 0.399. The van der Waals surface area contributed by atoms with Gasteiger partial charge < -0.3 is 15.3 Å². The quantitative estimate of drug-likeness (QED) is 0.295. The second-order valence-corrected chi connectivity index (χ2v) is 0.748. The molecule has 4 nitrogen and oxygen atoms in total. The minimum Gasteiger partial charge on any atom is -0.356 e. The SMILES string of the molecule is F[S+](F)F.O=[N+]([O-])[O-]. The van der Waals surface area contributed by atoms with E-state index in [-0.39, 0.29) is 0 Å². The average molecular weight is 151 g/mol. The Labute approximate surface area is 45.3 Å². The minimum atomic E-state index is -3.86. The Morgan fingerprint density at radius 3 is 1.25 bits per heavy atom. The van der Waals surface area contributed by atoms with Crippen molar-refractivity contribution in [2.45, 2.75) is 0 Å². The molecular weight excluding hydrogens is 151 g/mol. The molecule has 0 N–H and O–H groups in total. The molecule has 0 aliphatic carbocycles. The molecule has 0 unspecified atom stereocenters. The number of hydrogen-bond donors (Lipinski definition) is 0. The molecule has 0 rings (SSSR count). The summed E-state index contributed by atoms with van der Waals surface area (Å²) in [6.45, 7) is 0. The van der Waals surface area contributed by atoms with E-state index in [9.17, 15) is 11.7 Å². The molecule has 0 saturated carbocycles. The van der Waals surface area contributed by atoms with Crippen molar-refractivity contribution < 1.29 is 16.7 Å². The van der Waals surface area contributed by atoms with Crippen molar-refractivity contribution in [1.29, 1.82) is 0 Å². The third kappa shape index (κ3) is 231. The molecule has 0 aliphatic heterocycles. The van der Waals surface area contributed by atoms with Crippen molar-refractivity contribution >= 4 is 12.1 Å². The van der Waals surface area contributed by atoms with Gasteiger partial charge in [-0.25, -0.2) is 0 Å². The predicted molar refractivity (Wildman–Crippen MR) is 21.1 cm³/mol. The van der Waals surface area contributed by atoms with Crippen LogP contribution in [-0.4, -0.2) is 5.09 Å². The van der Waals surface area contributed by atoms with E-state index in [1.54, 1.807) is 0 Å². The summed E-state index contributed by atoms with van der Waals surface area (Å²) in [6.07, 6.45) is 0. The van der Waals surface area contributed by atoms with Crippen LogP contribution in [0.15, 0.2) is 0 Å². The molecule has 8 heteroatoms. The fraction of sp³-hybridized carbons (Fsp3) is 0. The van der Waals surface area contributed by atoms with Crippen LogP contribution in [0.2, 0.25) is 0 Å². The summed E-state index contributed by atoms with van der Waals surface area (Å²) in [5, 5.41) is 14.8. The van der Waals surface area contributed by atoms with Gasteiger partial charge in [0.05, 0.1) is 5.09 Å². The van der Waals surface area contributed by atoms with Crippen molar-refractivity contribution in [3.05, 3.63) is 15.3 Å². The van der Waals surface area contributed by atoms with Gasteiger partial charge in [-0.2, -0.15) is 0 Å². The van der Waals surface area contributed by atoms with Crippen molar-refractivity contribution in [2.24, 2.45) is 0 Å². The Balaban J connectivity index is 0. The Hall–Kier alpha value is -0.660. The summed E-state index contributed by atoms with van der Waals surface area (Å²) in [5.74, 6) is 0. The van der Waals surface area contributed by atoms with Gasteiger partial charge in [0.2, 0.25) is 0 Å². The van der Waals surface area contributed by atoms with Crippen LogP contribution in [0.25, 0.3) is 0 Å². The van der Waals surface area contributed by atoms with Crippen molar-refractivity contribution in [2.75, 3.05) is 0 Å². The summed E-state index contributed by atoms with van der Waals surface area (Å²) in [6, 6.07) is 0. The molecule has 50 valence electrons. The molecule has 0 atom stereocenters. The zero-order valence-electron chi connectivity index (χ0n) is 3.21. The zero-order chi connectivity index (χ0) is 7.15. The molecular formula is F3NO3S. The molecule has 0 aromatic carbocycles. The van der Waals surface area contributed by atoms with Crippen LogP contribution in [0.5, 0.6) is 0 Å². The van der Waals surface area contributed by atoms with Gasteiger partial charge in [-0.3, -0.25) is 0 Å². The standard InChI is InChI=1S/F3S.NO3/c1-4(2)3;2-1(3)4/q+1;-1. The topological polar surface area (TPSA) is 66.2 Å². The summed E-state index contributed by atoms with van der Waals surface area (Å²) in [5.41, 5.74) is 0. The molecule has 0 fully saturated rings. The van der Waals surface area contributed by atoms with Crippen molar-refractivity contribution in [3.63, 3.8) is 0 Å². The van der Waals surface area contributed by atoms with Gasteiger partial charge in [0.1, 0.15) is 11.7 Å². The van der Waals surface area contributed by atoms with Crippen LogP contribution in [0.3, 0.4) is 0 Å². The zero-order valence-corrected chi connectivity index (χ0v) is 4.03. The average Bonchev–Trinajstić information content (AvgIpc) is 1.25. The highest BCUT2D eigenvalue weighted by Gasteiger charge is 2.14. The van der Waals surface area contributed by atoms with Crippen LogP contribution < -0.4 is 0 Å². The highest BCUT2D eigenvalue weighted by Crippen LogP contribution is 1.95. The smallest absolute Gasteiger partial charge is 0.356 e. The summed E-state index contributed by atoms with van der Waals surface area (Å²) < 4.78 is 29.1. The van der Waals surface area contributed by atoms with E-state index in [0.717, 1.165) is 0 Å². The van der Waals surface area contributed by atoms with Crippen LogP contribution in [0, 0.1) is 15.3 Å². The Kier molecular flexibility index (Phi) is 8.20. The third-order valence-corrected chi connectivity index (χ3v) is 0. The Bertz CT molecular complexity index is 58.8. The molecule has 0 radical (unpaired) electrons. The maximum absolute atomic E-state index is 9.69. The lowest BCUT2D eigenvalue weighted by Crippen LogP contribution is -1.74. The van der Waals surface area contributed by atoms with Crippen molar-refractivity contribution in [1.82, 2.24) is 0 Å². The van der Waals surface area contributed by atoms with Gasteiger partial charge in [-0.15, -0.1) is 0 Å². The molecule has 0 saturated heterocycles. The van der Waals surface area contributed by atoms with Crippen molar-refractivity contribution in [3.8, 4) is 0 Å². The maximum atomic E-state index is 9.69. The molecule has 0 aromatic rings. The number of rotatable bonds is 0. The number of nitrogens with zero attached hydrogens (tertiary/aromatic N) is 1. The van der Waals surface area contributed by atoms with Crippen LogP contribution in [0.1, 0.15) is 0 Å². The summed E-state index contributed by atoms with van der Waals surface area (Å²) in [4.78, 5) is 8.25. The van der Waals surface area contributed by atoms with E-state index >= 15 is 0 Å². The van der Waals surface area contributed by atoms with Gasteiger partial charge in [0.15, 0.2) is 0 Å². The molecule has 0 heterocycles. The van der Waals surface area contributed by atoms with E-state index < -0.39 is 17.1 Å². The van der Waals surface area contributed by atoms with Crippen LogP contribution in [-0.2, 0) is 12.1 Å². The third-order valence-electron chi connectivity index (χ3n) is 0. The minimum absolute atomic E-state index is 1.75. The van der Waals surface area contributed by atoms with E-state index in [1.165, 1.54) is 0 Å². The summed E-state index contributed by atoms with van der Waals surface area (Å²) in [7, 11) is 0. The molecule has 0 bridgehead atoms. The maximum Gasteiger partial charge on any atom is 0.661 e. The monoisotopic (exact) mass is 151 g/mol. The van der Waals surface area contributed by atoms with Gasteiger partial charge in [0, 0.05) is 0 Å². The van der Waals surface area contributed by atoms with Crippen LogP contribution >= 0.6 is 0 Å². The largest absolute Gasteiger partial charge is 0.661 e. The fourth-order valence-corrected chi connectivity index (χ4v) is 0. The Morgan fingerprint density at radius 1 is 1.25 bits per heavy atom. The van der Waals surface area contributed by atoms with E-state index in [0.29, 0.717) is 0 Å². The highest BCUT2D eigenvalue weighted by molar-refractivity contribution is 7.81. The molecule has 0 aromatic heterocycles. The van der Waals surface area contributed by atoms with Crippen LogP contribution in [0.4, 0.5) is 11.7 Å². The Morgan fingerprint density at radius 2 is 1.25 bits per heavy atom. The first kappa shape index (κ1) is 10.3. The predicted octanol–water partition coefficient (Wildman–Crippen LogP) is 1.02. The first-order valence-corrected chi connectivity index (χ1v) is 1.94. The van der Waals surface area contributed by atoms with Gasteiger partial charge >= 0.3 is 12.1 Å². The number of hydrogen-bond acceptors (Lipinski definition) is 3. The van der Waals surface area contributed by atoms with E-state index in [2.05, 4.69) is 0 Å². The molecule has 0 spiro atoms. The highest BCUT2D eigenvalue weighted by atomic mass is 32.3. The lowest BCUT2D eigenvalue weighted by Gasteiger charge is -1.74. The fourth-order valence-electron chi connectivity index (χ4n) is 0. The first-order valence-electron chi connectivity index (χ1n) is 1.01. The van der Waals surface area contributed by atoms with E-state index in [1.807, 2.05) is 0 Å². The molecule has 0 amide bonds. The first-order chi connectivity index (χ1) is 3.46. The van der Waals surface area contributed by atoms with Gasteiger partial charge in [0.25, 0.3) is 0 Å². The lowest BCUT2D eigenvalue weighted by atomic mass is 13.1.